The molecule has 0 radical (unpaired) electrons. The number of nitrogens with zero attached hydrogens (tertiary/aromatic N) is 3. The molecule has 2 saturated heterocycles. The van der Waals surface area contributed by atoms with E-state index in [4.69, 9.17) is 0 Å². The number of amides is 1. The smallest absolute Gasteiger partial charge is 0.273 e. The van der Waals surface area contributed by atoms with Gasteiger partial charge in [-0.3, -0.25) is 4.79 Å². The van der Waals surface area contributed by atoms with Crippen molar-refractivity contribution in [2.45, 2.75) is 30.6 Å². The standard InChI is InChI=1S/C25H25F3N4O/c26-19-6-8-20(9-7-19)32-23(18-10-12-29-13-11-18)21(14-30-32)24(33)31-15-22(25(27,28)16-31)17-4-2-1-3-5-17/h1-9,14,18,22,29H,10-13,15-16H2. The van der Waals surface area contributed by atoms with Crippen molar-refractivity contribution >= 4 is 5.91 Å². The molecule has 172 valence electrons. The van der Waals surface area contributed by atoms with Crippen molar-refractivity contribution in [2.75, 3.05) is 26.2 Å². The number of likely N-dealkylation sites (tertiary alicyclic amines) is 1. The van der Waals surface area contributed by atoms with Gasteiger partial charge in [-0.25, -0.2) is 17.9 Å². The molecule has 8 heteroatoms. The van der Waals surface area contributed by atoms with Crippen LogP contribution in [0.25, 0.3) is 5.69 Å². The number of piperidine rings is 1. The molecule has 2 aliphatic heterocycles. The first-order valence-corrected chi connectivity index (χ1v) is 11.2. The van der Waals surface area contributed by atoms with Crippen molar-refractivity contribution in [3.63, 3.8) is 0 Å². The van der Waals surface area contributed by atoms with Crippen molar-refractivity contribution in [3.8, 4) is 5.69 Å². The Bertz CT molecular complexity index is 1120. The minimum Gasteiger partial charge on any atom is -0.332 e. The van der Waals surface area contributed by atoms with Crippen LogP contribution in [-0.2, 0) is 0 Å². The third kappa shape index (κ3) is 4.15. The van der Waals surface area contributed by atoms with Gasteiger partial charge in [0.05, 0.1) is 35.6 Å². The fourth-order valence-electron chi connectivity index (χ4n) is 4.94. The lowest BCUT2D eigenvalue weighted by molar-refractivity contribution is -0.00243. The Kier molecular flexibility index (Phi) is 5.70. The van der Waals surface area contributed by atoms with E-state index in [1.54, 1.807) is 47.1 Å². The second-order valence-corrected chi connectivity index (χ2v) is 8.77. The summed E-state index contributed by atoms with van der Waals surface area (Å²) in [6, 6.07) is 14.5. The second-order valence-electron chi connectivity index (χ2n) is 8.77. The van der Waals surface area contributed by atoms with Crippen LogP contribution in [-0.4, -0.2) is 52.7 Å². The molecule has 3 heterocycles. The van der Waals surface area contributed by atoms with Gasteiger partial charge >= 0.3 is 0 Å². The third-order valence-corrected chi connectivity index (χ3v) is 6.64. The molecular weight excluding hydrogens is 429 g/mol. The van der Waals surface area contributed by atoms with E-state index in [1.807, 2.05) is 0 Å². The number of nitrogens with one attached hydrogen (secondary N) is 1. The number of aromatic nitrogens is 2. The monoisotopic (exact) mass is 454 g/mol. The van der Waals surface area contributed by atoms with Gasteiger partial charge in [0.1, 0.15) is 5.82 Å². The van der Waals surface area contributed by atoms with Crippen LogP contribution in [0.5, 0.6) is 0 Å². The quantitative estimate of drug-likeness (QED) is 0.638. The zero-order valence-electron chi connectivity index (χ0n) is 18.1. The lowest BCUT2D eigenvalue weighted by Crippen LogP contribution is -2.33. The minimum atomic E-state index is -3.01. The maximum Gasteiger partial charge on any atom is 0.273 e. The van der Waals surface area contributed by atoms with Gasteiger partial charge in [0.25, 0.3) is 11.8 Å². The van der Waals surface area contributed by atoms with Crippen LogP contribution in [0.1, 0.15) is 46.3 Å². The molecule has 2 aromatic carbocycles. The van der Waals surface area contributed by atoms with Crippen molar-refractivity contribution in [2.24, 2.45) is 0 Å². The topological polar surface area (TPSA) is 50.2 Å². The van der Waals surface area contributed by atoms with E-state index >= 15 is 0 Å². The van der Waals surface area contributed by atoms with Crippen LogP contribution in [0.15, 0.2) is 60.8 Å². The maximum atomic E-state index is 14.9. The molecule has 5 nitrogen and oxygen atoms in total. The fourth-order valence-corrected chi connectivity index (χ4v) is 4.94. The molecule has 2 fully saturated rings. The summed E-state index contributed by atoms with van der Waals surface area (Å²) in [6.45, 7) is 0.914. The molecule has 33 heavy (non-hydrogen) atoms. The fraction of sp³-hybridized carbons (Fsp3) is 0.360. The Morgan fingerprint density at radius 2 is 1.73 bits per heavy atom. The molecule has 1 atom stereocenters. The predicted molar refractivity (Wildman–Crippen MR) is 118 cm³/mol. The Hall–Kier alpha value is -3.13. The first-order chi connectivity index (χ1) is 15.9. The SMILES string of the molecule is O=C(c1cnn(-c2ccc(F)cc2)c1C1CCNCC1)N1CC(c2ccccc2)C(F)(F)C1. The van der Waals surface area contributed by atoms with E-state index in [0.29, 0.717) is 22.5 Å². The summed E-state index contributed by atoms with van der Waals surface area (Å²) in [5, 5.41) is 7.74. The van der Waals surface area contributed by atoms with Crippen LogP contribution < -0.4 is 5.32 Å². The molecule has 1 N–H and O–H groups in total. The number of carbonyl (C=O) groups excluding carboxylic acids is 1. The Labute approximate surface area is 190 Å². The molecular formula is C25H25F3N4O. The molecule has 5 rings (SSSR count). The molecule has 0 saturated carbocycles. The number of halogens is 3. The molecule has 2 aliphatic rings. The van der Waals surface area contributed by atoms with Gasteiger partial charge in [0.15, 0.2) is 0 Å². The van der Waals surface area contributed by atoms with Crippen molar-refractivity contribution in [3.05, 3.63) is 83.4 Å². The van der Waals surface area contributed by atoms with Crippen LogP contribution in [0.2, 0.25) is 0 Å². The van der Waals surface area contributed by atoms with Gasteiger partial charge in [-0.05, 0) is 55.8 Å². The summed E-state index contributed by atoms with van der Waals surface area (Å²) in [5.74, 6) is -4.81. The second kappa shape index (κ2) is 8.67. The van der Waals surface area contributed by atoms with Crippen LogP contribution in [0, 0.1) is 5.82 Å². The van der Waals surface area contributed by atoms with Crippen LogP contribution in [0.4, 0.5) is 13.2 Å². The Morgan fingerprint density at radius 1 is 1.03 bits per heavy atom. The average Bonchev–Trinajstić information content (AvgIpc) is 3.41. The normalized spacial score (nSPS) is 20.8. The van der Waals surface area contributed by atoms with E-state index in [1.165, 1.54) is 23.2 Å². The van der Waals surface area contributed by atoms with E-state index in [9.17, 15) is 18.0 Å². The Morgan fingerprint density at radius 3 is 2.42 bits per heavy atom. The van der Waals surface area contributed by atoms with Crippen molar-refractivity contribution in [1.82, 2.24) is 20.0 Å². The molecule has 1 aromatic heterocycles. The highest BCUT2D eigenvalue weighted by Crippen LogP contribution is 2.41. The minimum absolute atomic E-state index is 0.0470. The van der Waals surface area contributed by atoms with Gasteiger partial charge in [-0.15, -0.1) is 0 Å². The molecule has 0 bridgehead atoms. The average molecular weight is 454 g/mol. The van der Waals surface area contributed by atoms with Gasteiger partial charge in [0.2, 0.25) is 0 Å². The molecule has 0 aliphatic carbocycles. The van der Waals surface area contributed by atoms with Crippen LogP contribution >= 0.6 is 0 Å². The number of alkyl halides is 2. The van der Waals surface area contributed by atoms with Crippen molar-refractivity contribution in [1.29, 1.82) is 0 Å². The van der Waals surface area contributed by atoms with Gasteiger partial charge < -0.3 is 10.2 Å². The van der Waals surface area contributed by atoms with E-state index in [2.05, 4.69) is 10.4 Å². The number of hydrogen-bond donors (Lipinski definition) is 1. The largest absolute Gasteiger partial charge is 0.332 e. The summed E-state index contributed by atoms with van der Waals surface area (Å²) in [6.07, 6.45) is 3.07. The summed E-state index contributed by atoms with van der Waals surface area (Å²) < 4.78 is 45.0. The Balaban J connectivity index is 1.49. The number of benzene rings is 2. The van der Waals surface area contributed by atoms with E-state index < -0.39 is 24.3 Å². The highest BCUT2D eigenvalue weighted by molar-refractivity contribution is 5.96. The summed E-state index contributed by atoms with van der Waals surface area (Å²) in [4.78, 5) is 14.8. The molecule has 1 amide bonds. The first kappa shape index (κ1) is 21.7. The van der Waals surface area contributed by atoms with Gasteiger partial charge in [0, 0.05) is 12.5 Å². The molecule has 0 spiro atoms. The zero-order chi connectivity index (χ0) is 23.0. The van der Waals surface area contributed by atoms with Crippen molar-refractivity contribution < 1.29 is 18.0 Å². The van der Waals surface area contributed by atoms with Crippen LogP contribution in [0.3, 0.4) is 0 Å². The van der Waals surface area contributed by atoms with Gasteiger partial charge in [-0.1, -0.05) is 30.3 Å². The highest BCUT2D eigenvalue weighted by atomic mass is 19.3. The van der Waals surface area contributed by atoms with E-state index in [0.717, 1.165) is 25.9 Å². The lowest BCUT2D eigenvalue weighted by atomic mass is 9.91. The lowest BCUT2D eigenvalue weighted by Gasteiger charge is -2.25. The number of rotatable bonds is 4. The first-order valence-electron chi connectivity index (χ1n) is 11.2. The van der Waals surface area contributed by atoms with Gasteiger partial charge in [-0.2, -0.15) is 5.10 Å². The highest BCUT2D eigenvalue weighted by Gasteiger charge is 2.50. The number of hydrogen-bond acceptors (Lipinski definition) is 3. The number of carbonyl (C=O) groups is 1. The predicted octanol–water partition coefficient (Wildman–Crippen LogP) is 4.35. The summed E-state index contributed by atoms with van der Waals surface area (Å²) in [7, 11) is 0. The summed E-state index contributed by atoms with van der Waals surface area (Å²) >= 11 is 0. The molecule has 1 unspecified atom stereocenters. The maximum absolute atomic E-state index is 14.9. The summed E-state index contributed by atoms with van der Waals surface area (Å²) in [5.41, 5.74) is 2.21. The zero-order valence-corrected chi connectivity index (χ0v) is 18.1. The molecule has 3 aromatic rings. The third-order valence-electron chi connectivity index (χ3n) is 6.64. The van der Waals surface area contributed by atoms with E-state index in [-0.39, 0.29) is 18.3 Å².